The maximum Gasteiger partial charge on any atom is 0.302 e. The second-order valence-electron chi connectivity index (χ2n) is 5.22. The van der Waals surface area contributed by atoms with Crippen molar-refractivity contribution in [3.63, 3.8) is 0 Å². The number of aromatic nitrogens is 4. The Morgan fingerprint density at radius 2 is 2.05 bits per heavy atom. The van der Waals surface area contributed by atoms with Crippen molar-refractivity contribution < 1.29 is 4.42 Å². The maximum atomic E-state index is 5.59. The van der Waals surface area contributed by atoms with Crippen molar-refractivity contribution in [1.82, 2.24) is 25.1 Å². The fourth-order valence-corrected chi connectivity index (χ4v) is 2.60. The van der Waals surface area contributed by atoms with Gasteiger partial charge in [0.2, 0.25) is 5.95 Å². The molecule has 0 spiro atoms. The van der Waals surface area contributed by atoms with E-state index in [0.29, 0.717) is 12.0 Å². The molecular formula is C14H16N6O. The van der Waals surface area contributed by atoms with Gasteiger partial charge in [-0.1, -0.05) is 12.1 Å². The molecule has 0 aliphatic carbocycles. The van der Waals surface area contributed by atoms with E-state index < -0.39 is 0 Å². The van der Waals surface area contributed by atoms with Crippen molar-refractivity contribution >= 4 is 23.1 Å². The normalized spacial score (nSPS) is 15.8. The van der Waals surface area contributed by atoms with E-state index in [9.17, 15) is 0 Å². The highest BCUT2D eigenvalue weighted by Crippen LogP contribution is 2.20. The number of H-pyrrole nitrogens is 1. The molecule has 21 heavy (non-hydrogen) atoms. The second kappa shape index (κ2) is 5.17. The number of para-hydroxylation sites is 2. The van der Waals surface area contributed by atoms with Crippen LogP contribution in [0.4, 0.5) is 12.0 Å². The number of fused-ring (bicyclic) bond motifs is 1. The maximum absolute atomic E-state index is 5.59. The summed E-state index contributed by atoms with van der Waals surface area (Å²) < 4.78 is 5.59. The molecule has 0 radical (unpaired) electrons. The van der Waals surface area contributed by atoms with Crippen molar-refractivity contribution in [2.45, 2.75) is 19.4 Å². The Hall–Kier alpha value is -2.41. The first kappa shape index (κ1) is 12.3. The summed E-state index contributed by atoms with van der Waals surface area (Å²) in [5, 5.41) is 11.2. The van der Waals surface area contributed by atoms with Crippen molar-refractivity contribution in [3.05, 3.63) is 30.1 Å². The Morgan fingerprint density at radius 3 is 2.90 bits per heavy atom. The van der Waals surface area contributed by atoms with Gasteiger partial charge in [-0.15, -0.1) is 10.2 Å². The zero-order valence-electron chi connectivity index (χ0n) is 11.5. The van der Waals surface area contributed by atoms with Crippen LogP contribution in [0.25, 0.3) is 11.1 Å². The number of aromatic amines is 1. The molecule has 0 bridgehead atoms. The van der Waals surface area contributed by atoms with Gasteiger partial charge in [0.1, 0.15) is 11.3 Å². The molecule has 3 aromatic rings. The van der Waals surface area contributed by atoms with Crippen LogP contribution < -0.4 is 5.32 Å². The van der Waals surface area contributed by atoms with E-state index in [1.165, 1.54) is 12.8 Å². The molecule has 1 aromatic carbocycles. The van der Waals surface area contributed by atoms with Crippen LogP contribution in [-0.2, 0) is 6.54 Å². The predicted octanol–water partition coefficient (Wildman–Crippen LogP) is 2.29. The van der Waals surface area contributed by atoms with Crippen LogP contribution in [0, 0.1) is 0 Å². The number of hydrogen-bond donors (Lipinski definition) is 2. The van der Waals surface area contributed by atoms with Gasteiger partial charge in [0.25, 0.3) is 0 Å². The zero-order valence-corrected chi connectivity index (χ0v) is 11.5. The van der Waals surface area contributed by atoms with E-state index in [0.717, 1.165) is 36.6 Å². The van der Waals surface area contributed by atoms with Gasteiger partial charge in [0.05, 0.1) is 6.54 Å². The minimum atomic E-state index is 0.417. The van der Waals surface area contributed by atoms with Crippen molar-refractivity contribution in [2.75, 3.05) is 18.4 Å². The first-order valence-corrected chi connectivity index (χ1v) is 7.13. The summed E-state index contributed by atoms with van der Waals surface area (Å²) in [4.78, 5) is 9.87. The Labute approximate surface area is 121 Å². The highest BCUT2D eigenvalue weighted by Gasteiger charge is 2.14. The summed E-state index contributed by atoms with van der Waals surface area (Å²) in [7, 11) is 0. The van der Waals surface area contributed by atoms with Crippen LogP contribution in [0.3, 0.4) is 0 Å². The van der Waals surface area contributed by atoms with Crippen LogP contribution in [-0.4, -0.2) is 38.2 Å². The third-order valence-electron chi connectivity index (χ3n) is 3.62. The molecule has 0 amide bonds. The molecule has 2 N–H and O–H groups in total. The molecule has 1 saturated heterocycles. The topological polar surface area (TPSA) is 82.9 Å². The summed E-state index contributed by atoms with van der Waals surface area (Å²) in [6, 6.07) is 8.05. The Morgan fingerprint density at radius 1 is 1.19 bits per heavy atom. The van der Waals surface area contributed by atoms with E-state index in [1.54, 1.807) is 0 Å². The zero-order chi connectivity index (χ0) is 14.1. The lowest BCUT2D eigenvalue weighted by molar-refractivity contribution is 0.323. The molecule has 4 rings (SSSR count). The third kappa shape index (κ3) is 2.59. The smallest absolute Gasteiger partial charge is 0.302 e. The average Bonchev–Trinajstić information content (AvgIpc) is 3.20. The van der Waals surface area contributed by atoms with E-state index in [2.05, 4.69) is 30.4 Å². The molecule has 2 aromatic heterocycles. The lowest BCUT2D eigenvalue weighted by Crippen LogP contribution is -2.19. The first-order valence-electron chi connectivity index (χ1n) is 7.13. The fraction of sp³-hybridized carbons (Fsp3) is 0.357. The number of oxazole rings is 1. The Kier molecular flexibility index (Phi) is 3.04. The SMILES string of the molecule is c1ccc2oc(Nc3nnc(CN4CCCC4)[nH]3)nc2c1. The number of rotatable bonds is 4. The van der Waals surface area contributed by atoms with Gasteiger partial charge >= 0.3 is 6.01 Å². The summed E-state index contributed by atoms with van der Waals surface area (Å²) in [5.74, 6) is 1.41. The van der Waals surface area contributed by atoms with Gasteiger partial charge < -0.3 is 9.40 Å². The van der Waals surface area contributed by atoms with Gasteiger partial charge in [-0.2, -0.15) is 4.98 Å². The standard InChI is InChI=1S/C14H16N6O/c1-2-6-11-10(5-1)15-14(21-11)17-13-16-12(18-19-13)9-20-7-3-4-8-20/h1-2,5-6H,3-4,7-9H2,(H2,15,16,17,18,19). The summed E-state index contributed by atoms with van der Waals surface area (Å²) in [6.07, 6.45) is 2.53. The minimum absolute atomic E-state index is 0.417. The van der Waals surface area contributed by atoms with Crippen LogP contribution in [0.5, 0.6) is 0 Å². The number of likely N-dealkylation sites (tertiary alicyclic amines) is 1. The quantitative estimate of drug-likeness (QED) is 0.765. The highest BCUT2D eigenvalue weighted by molar-refractivity contribution is 5.74. The highest BCUT2D eigenvalue weighted by atomic mass is 16.4. The molecule has 7 heteroatoms. The number of benzene rings is 1. The second-order valence-corrected chi connectivity index (χ2v) is 5.22. The van der Waals surface area contributed by atoms with E-state index in [-0.39, 0.29) is 0 Å². The minimum Gasteiger partial charge on any atom is -0.423 e. The number of anilines is 2. The lowest BCUT2D eigenvalue weighted by Gasteiger charge is -2.11. The molecule has 1 fully saturated rings. The molecule has 1 aliphatic rings. The third-order valence-corrected chi connectivity index (χ3v) is 3.62. The number of hydrogen-bond acceptors (Lipinski definition) is 6. The van der Waals surface area contributed by atoms with Crippen LogP contribution in [0.15, 0.2) is 28.7 Å². The molecular weight excluding hydrogens is 268 g/mol. The number of nitrogens with one attached hydrogen (secondary N) is 2. The van der Waals surface area contributed by atoms with Crippen LogP contribution in [0.2, 0.25) is 0 Å². The van der Waals surface area contributed by atoms with Gasteiger partial charge in [-0.05, 0) is 38.1 Å². The summed E-state index contributed by atoms with van der Waals surface area (Å²) >= 11 is 0. The largest absolute Gasteiger partial charge is 0.423 e. The lowest BCUT2D eigenvalue weighted by atomic mass is 10.3. The van der Waals surface area contributed by atoms with E-state index in [4.69, 9.17) is 4.42 Å². The Balaban J connectivity index is 1.47. The molecule has 1 aliphatic heterocycles. The van der Waals surface area contributed by atoms with Crippen LogP contribution in [0.1, 0.15) is 18.7 Å². The molecule has 0 unspecified atom stereocenters. The van der Waals surface area contributed by atoms with Crippen molar-refractivity contribution in [2.24, 2.45) is 0 Å². The molecule has 108 valence electrons. The first-order chi connectivity index (χ1) is 10.4. The van der Waals surface area contributed by atoms with Gasteiger partial charge in [0.15, 0.2) is 5.58 Å². The van der Waals surface area contributed by atoms with Crippen molar-refractivity contribution in [1.29, 1.82) is 0 Å². The monoisotopic (exact) mass is 284 g/mol. The van der Waals surface area contributed by atoms with Crippen LogP contribution >= 0.6 is 0 Å². The molecule has 3 heterocycles. The van der Waals surface area contributed by atoms with Gasteiger partial charge in [-0.25, -0.2) is 0 Å². The van der Waals surface area contributed by atoms with E-state index >= 15 is 0 Å². The van der Waals surface area contributed by atoms with Crippen molar-refractivity contribution in [3.8, 4) is 0 Å². The predicted molar refractivity (Wildman–Crippen MR) is 78.2 cm³/mol. The van der Waals surface area contributed by atoms with E-state index in [1.807, 2.05) is 24.3 Å². The van der Waals surface area contributed by atoms with Gasteiger partial charge in [-0.3, -0.25) is 10.2 Å². The fourth-order valence-electron chi connectivity index (χ4n) is 2.60. The Bertz CT molecular complexity index is 710. The summed E-state index contributed by atoms with van der Waals surface area (Å²) in [5.41, 5.74) is 1.56. The molecule has 7 nitrogen and oxygen atoms in total. The molecule has 0 saturated carbocycles. The number of nitrogens with zero attached hydrogens (tertiary/aromatic N) is 4. The average molecular weight is 284 g/mol. The van der Waals surface area contributed by atoms with Gasteiger partial charge in [0, 0.05) is 0 Å². The summed E-state index contributed by atoms with van der Waals surface area (Å²) in [6.45, 7) is 3.07. The molecule has 0 atom stereocenters.